The highest BCUT2D eigenvalue weighted by Gasteiger charge is 2.21. The Balaban J connectivity index is 1.61. The number of aryl methyl sites for hydroxylation is 1. The maximum atomic E-state index is 12.3. The normalized spacial score (nSPS) is 11.7. The van der Waals surface area contributed by atoms with Crippen LogP contribution < -0.4 is 16.2 Å². The second-order valence-electron chi connectivity index (χ2n) is 6.29. The summed E-state index contributed by atoms with van der Waals surface area (Å²) in [5.74, 6) is -1.71. The highest BCUT2D eigenvalue weighted by atomic mass is 35.5. The van der Waals surface area contributed by atoms with Crippen LogP contribution in [-0.2, 0) is 4.79 Å². The lowest BCUT2D eigenvalue weighted by molar-refractivity contribution is -0.123. The second-order valence-corrected chi connectivity index (χ2v) is 7.08. The average molecular weight is 434 g/mol. The molecule has 1 unspecified atom stereocenters. The van der Waals surface area contributed by atoms with Gasteiger partial charge in [-0.1, -0.05) is 47.5 Å². The molecule has 0 saturated carbocycles. The number of carbonyl (C=O) groups is 3. The first-order valence-corrected chi connectivity index (χ1v) is 9.38. The monoisotopic (exact) mass is 433 g/mol. The summed E-state index contributed by atoms with van der Waals surface area (Å²) in [5.41, 5.74) is 5.91. The van der Waals surface area contributed by atoms with Gasteiger partial charge in [-0.05, 0) is 32.0 Å². The van der Waals surface area contributed by atoms with Gasteiger partial charge in [0.25, 0.3) is 11.8 Å². The number of fused-ring (bicyclic) bond motifs is 1. The summed E-state index contributed by atoms with van der Waals surface area (Å²) in [4.78, 5) is 36.9. The highest BCUT2D eigenvalue weighted by molar-refractivity contribution is 6.43. The molecule has 150 valence electrons. The molecule has 0 bridgehead atoms. The first-order valence-electron chi connectivity index (χ1n) is 8.62. The molecule has 1 atom stereocenters. The van der Waals surface area contributed by atoms with Crippen molar-refractivity contribution in [2.75, 3.05) is 0 Å². The third-order valence-electron chi connectivity index (χ3n) is 4.29. The van der Waals surface area contributed by atoms with E-state index in [0.717, 1.165) is 5.39 Å². The Kier molecular flexibility index (Phi) is 6.10. The van der Waals surface area contributed by atoms with E-state index in [1.165, 1.54) is 13.0 Å². The Morgan fingerprint density at radius 1 is 0.966 bits per heavy atom. The summed E-state index contributed by atoms with van der Waals surface area (Å²) in [6, 6.07) is 10.9. The van der Waals surface area contributed by atoms with E-state index in [4.69, 9.17) is 27.6 Å². The van der Waals surface area contributed by atoms with Gasteiger partial charge in [0, 0.05) is 10.9 Å². The molecule has 7 nitrogen and oxygen atoms in total. The molecule has 0 aliphatic carbocycles. The summed E-state index contributed by atoms with van der Waals surface area (Å²) in [6.45, 7) is 3.21. The summed E-state index contributed by atoms with van der Waals surface area (Å²) in [6.07, 6.45) is 0. The zero-order valence-electron chi connectivity index (χ0n) is 15.5. The molecule has 0 aliphatic rings. The minimum Gasteiger partial charge on any atom is -0.451 e. The largest absolute Gasteiger partial charge is 0.451 e. The SMILES string of the molecule is Cc1c(C(=O)NNC(=O)C(C)NC(=O)c2cccc(Cl)c2Cl)oc2ccccc12. The minimum atomic E-state index is -0.949. The van der Waals surface area contributed by atoms with E-state index in [0.29, 0.717) is 11.1 Å². The molecule has 1 heterocycles. The fraction of sp³-hybridized carbons (Fsp3) is 0.150. The lowest BCUT2D eigenvalue weighted by Crippen LogP contribution is -2.51. The fourth-order valence-electron chi connectivity index (χ4n) is 2.69. The third-order valence-corrected chi connectivity index (χ3v) is 5.11. The first kappa shape index (κ1) is 20.7. The maximum absolute atomic E-state index is 12.3. The van der Waals surface area contributed by atoms with Gasteiger partial charge in [0.2, 0.25) is 0 Å². The molecule has 3 aromatic rings. The maximum Gasteiger partial charge on any atom is 0.305 e. The Bertz CT molecular complexity index is 1110. The molecule has 0 saturated heterocycles. The second kappa shape index (κ2) is 8.55. The van der Waals surface area contributed by atoms with E-state index < -0.39 is 23.8 Å². The van der Waals surface area contributed by atoms with Gasteiger partial charge in [0.1, 0.15) is 11.6 Å². The molecule has 0 fully saturated rings. The number of hydrogen-bond acceptors (Lipinski definition) is 4. The third kappa shape index (κ3) is 4.36. The molecular weight excluding hydrogens is 417 g/mol. The van der Waals surface area contributed by atoms with Crippen LogP contribution in [0, 0.1) is 6.92 Å². The van der Waals surface area contributed by atoms with E-state index in [2.05, 4.69) is 16.2 Å². The molecular formula is C20H17Cl2N3O4. The van der Waals surface area contributed by atoms with Crippen LogP contribution in [0.3, 0.4) is 0 Å². The molecule has 2 aromatic carbocycles. The van der Waals surface area contributed by atoms with Gasteiger partial charge in [-0.3, -0.25) is 25.2 Å². The van der Waals surface area contributed by atoms with Crippen LogP contribution in [0.25, 0.3) is 11.0 Å². The topological polar surface area (TPSA) is 100 Å². The van der Waals surface area contributed by atoms with Crippen LogP contribution in [0.15, 0.2) is 46.9 Å². The van der Waals surface area contributed by atoms with Crippen molar-refractivity contribution in [2.24, 2.45) is 0 Å². The molecule has 3 rings (SSSR count). The van der Waals surface area contributed by atoms with E-state index in [1.54, 1.807) is 31.2 Å². The standard InChI is InChI=1S/C20H17Cl2N3O4/c1-10-12-6-3-4-9-15(12)29-17(10)20(28)25-24-18(26)11(2)23-19(27)13-7-5-8-14(21)16(13)22/h3-9,11H,1-2H3,(H,23,27)(H,24,26)(H,25,28). The van der Waals surface area contributed by atoms with Crippen LogP contribution in [0.2, 0.25) is 10.0 Å². The number of carbonyl (C=O) groups excluding carboxylic acids is 3. The van der Waals surface area contributed by atoms with Gasteiger partial charge in [-0.15, -0.1) is 0 Å². The van der Waals surface area contributed by atoms with Gasteiger partial charge in [-0.2, -0.15) is 0 Å². The Morgan fingerprint density at radius 3 is 2.41 bits per heavy atom. The number of nitrogens with one attached hydrogen (secondary N) is 3. The Labute approximate surface area is 176 Å². The number of rotatable bonds is 4. The van der Waals surface area contributed by atoms with Crippen LogP contribution in [0.1, 0.15) is 33.4 Å². The number of para-hydroxylation sites is 1. The van der Waals surface area contributed by atoms with Crippen molar-refractivity contribution in [3.05, 3.63) is 69.4 Å². The van der Waals surface area contributed by atoms with E-state index in [1.807, 2.05) is 12.1 Å². The summed E-state index contributed by atoms with van der Waals surface area (Å²) in [7, 11) is 0. The summed E-state index contributed by atoms with van der Waals surface area (Å²) in [5, 5.41) is 3.62. The average Bonchev–Trinajstić information content (AvgIpc) is 3.04. The highest BCUT2D eigenvalue weighted by Crippen LogP contribution is 2.26. The summed E-state index contributed by atoms with van der Waals surface area (Å²) < 4.78 is 5.54. The number of hydrogen-bond donors (Lipinski definition) is 3. The molecule has 3 N–H and O–H groups in total. The smallest absolute Gasteiger partial charge is 0.305 e. The van der Waals surface area contributed by atoms with Gasteiger partial charge < -0.3 is 9.73 Å². The Hall–Kier alpha value is -3.03. The quantitative estimate of drug-likeness (QED) is 0.546. The van der Waals surface area contributed by atoms with Gasteiger partial charge >= 0.3 is 5.91 Å². The zero-order valence-corrected chi connectivity index (χ0v) is 17.0. The van der Waals surface area contributed by atoms with Crippen molar-refractivity contribution in [3.8, 4) is 0 Å². The number of hydrazine groups is 1. The van der Waals surface area contributed by atoms with E-state index in [-0.39, 0.29) is 21.4 Å². The molecule has 3 amide bonds. The van der Waals surface area contributed by atoms with Gasteiger partial charge in [0.05, 0.1) is 15.6 Å². The Morgan fingerprint density at radius 2 is 1.69 bits per heavy atom. The predicted octanol–water partition coefficient (Wildman–Crippen LogP) is 3.63. The zero-order chi connectivity index (χ0) is 21.1. The minimum absolute atomic E-state index is 0.0907. The number of halogens is 2. The lowest BCUT2D eigenvalue weighted by atomic mass is 10.1. The van der Waals surface area contributed by atoms with Gasteiger partial charge in [0.15, 0.2) is 5.76 Å². The van der Waals surface area contributed by atoms with E-state index >= 15 is 0 Å². The van der Waals surface area contributed by atoms with Crippen molar-refractivity contribution >= 4 is 51.9 Å². The number of furan rings is 1. The molecule has 0 aliphatic heterocycles. The van der Waals surface area contributed by atoms with Crippen LogP contribution in [0.4, 0.5) is 0 Å². The van der Waals surface area contributed by atoms with Crippen LogP contribution in [-0.4, -0.2) is 23.8 Å². The van der Waals surface area contributed by atoms with Gasteiger partial charge in [-0.25, -0.2) is 0 Å². The lowest BCUT2D eigenvalue weighted by Gasteiger charge is -2.15. The molecule has 0 radical (unpaired) electrons. The van der Waals surface area contributed by atoms with Crippen molar-refractivity contribution in [1.82, 2.24) is 16.2 Å². The summed E-state index contributed by atoms with van der Waals surface area (Å²) >= 11 is 11.9. The molecule has 0 spiro atoms. The van der Waals surface area contributed by atoms with Crippen molar-refractivity contribution in [1.29, 1.82) is 0 Å². The van der Waals surface area contributed by atoms with Crippen LogP contribution in [0.5, 0.6) is 0 Å². The molecule has 9 heteroatoms. The van der Waals surface area contributed by atoms with E-state index in [9.17, 15) is 14.4 Å². The predicted molar refractivity (Wildman–Crippen MR) is 110 cm³/mol. The van der Waals surface area contributed by atoms with Crippen molar-refractivity contribution < 1.29 is 18.8 Å². The molecule has 1 aromatic heterocycles. The first-order chi connectivity index (χ1) is 13.8. The van der Waals surface area contributed by atoms with Crippen LogP contribution >= 0.6 is 23.2 Å². The molecule has 29 heavy (non-hydrogen) atoms. The number of amides is 3. The van der Waals surface area contributed by atoms with Crippen molar-refractivity contribution in [3.63, 3.8) is 0 Å². The number of benzene rings is 2. The fourth-order valence-corrected chi connectivity index (χ4v) is 3.08. The van der Waals surface area contributed by atoms with Crippen molar-refractivity contribution in [2.45, 2.75) is 19.9 Å².